The Bertz CT molecular complexity index is 912. The smallest absolute Gasteiger partial charge is 0.174 e. The first-order valence-corrected chi connectivity index (χ1v) is 11.2. The van der Waals surface area contributed by atoms with E-state index in [1.807, 2.05) is 32.9 Å². The van der Waals surface area contributed by atoms with Gasteiger partial charge in [0.25, 0.3) is 0 Å². The van der Waals surface area contributed by atoms with Crippen LogP contribution in [0, 0.1) is 18.8 Å². The number of nitrogens with zero attached hydrogens (tertiary/aromatic N) is 2. The lowest BCUT2D eigenvalue weighted by atomic mass is 9.83. The van der Waals surface area contributed by atoms with Gasteiger partial charge in [0, 0.05) is 30.9 Å². The molecule has 2 atom stereocenters. The maximum Gasteiger partial charge on any atom is 0.174 e. The van der Waals surface area contributed by atoms with Crippen LogP contribution in [0.4, 0.5) is 0 Å². The fourth-order valence-corrected chi connectivity index (χ4v) is 4.29. The average Bonchev–Trinajstić information content (AvgIpc) is 3.11. The van der Waals surface area contributed by atoms with Gasteiger partial charge in [-0.25, -0.2) is 9.97 Å². The fraction of sp³-hybridized carbons (Fsp3) is 0.542. The van der Waals surface area contributed by atoms with E-state index in [0.29, 0.717) is 47.5 Å². The Balaban J connectivity index is 1.95. The number of hydrogen-bond donors (Lipinski definition) is 1. The third-order valence-corrected chi connectivity index (χ3v) is 6.19. The van der Waals surface area contributed by atoms with Crippen molar-refractivity contribution in [3.05, 3.63) is 46.2 Å². The molecule has 7 heteroatoms. The summed E-state index contributed by atoms with van der Waals surface area (Å²) in [6.45, 7) is 6.96. The van der Waals surface area contributed by atoms with E-state index in [9.17, 15) is 9.90 Å². The molecule has 0 bridgehead atoms. The number of rotatable bonds is 7. The van der Waals surface area contributed by atoms with E-state index in [-0.39, 0.29) is 11.7 Å². The second-order valence-corrected chi connectivity index (χ2v) is 8.74. The Morgan fingerprint density at radius 3 is 2.71 bits per heavy atom. The van der Waals surface area contributed by atoms with Gasteiger partial charge in [0.2, 0.25) is 0 Å². The van der Waals surface area contributed by atoms with Gasteiger partial charge in [-0.2, -0.15) is 0 Å². The molecule has 1 aromatic rings. The van der Waals surface area contributed by atoms with Gasteiger partial charge in [0.1, 0.15) is 5.76 Å². The van der Waals surface area contributed by atoms with Crippen LogP contribution < -0.4 is 0 Å². The normalized spacial score (nSPS) is 22.3. The lowest BCUT2D eigenvalue weighted by molar-refractivity contribution is -0.122. The molecule has 1 aromatic heterocycles. The number of allylic oxidation sites excluding steroid dienone is 6. The van der Waals surface area contributed by atoms with Crippen LogP contribution in [0.25, 0.3) is 11.1 Å². The number of aromatic nitrogens is 2. The zero-order chi connectivity index (χ0) is 22.5. The highest BCUT2D eigenvalue weighted by molar-refractivity contribution is 6.29. The predicted octanol–water partition coefficient (Wildman–Crippen LogP) is 4.46. The van der Waals surface area contributed by atoms with Crippen molar-refractivity contribution in [2.75, 3.05) is 20.3 Å². The molecule has 1 saturated heterocycles. The monoisotopic (exact) mass is 446 g/mol. The molecule has 3 rings (SSSR count). The zero-order valence-electron chi connectivity index (χ0n) is 18.7. The molecule has 31 heavy (non-hydrogen) atoms. The van der Waals surface area contributed by atoms with Gasteiger partial charge in [0.15, 0.2) is 11.6 Å². The molecule has 2 heterocycles. The van der Waals surface area contributed by atoms with Gasteiger partial charge in [-0.3, -0.25) is 4.79 Å². The number of carbonyl (C=O) groups excluding carboxylic acids is 1. The molecule has 0 saturated carbocycles. The number of Topliss-reactive ketones (excluding diaryl/α,β-unsaturated/α-hetero) is 1. The van der Waals surface area contributed by atoms with Crippen LogP contribution in [0.2, 0.25) is 0 Å². The Hall–Kier alpha value is -2.02. The minimum atomic E-state index is -0.719. The number of hydrogen-bond acceptors (Lipinski definition) is 6. The van der Waals surface area contributed by atoms with Gasteiger partial charge in [0.05, 0.1) is 30.4 Å². The van der Waals surface area contributed by atoms with Crippen molar-refractivity contribution < 1.29 is 19.4 Å². The van der Waals surface area contributed by atoms with Crippen LogP contribution in [0.5, 0.6) is 0 Å². The van der Waals surface area contributed by atoms with Gasteiger partial charge >= 0.3 is 0 Å². The number of ether oxygens (including phenoxy) is 2. The van der Waals surface area contributed by atoms with E-state index in [0.717, 1.165) is 30.4 Å². The number of aliphatic hydroxyl groups excluding tert-OH is 1. The third-order valence-electron chi connectivity index (χ3n) is 6.07. The SMILES string of the molecule is CCC(=CC=C(C)Cl)c1ncc(C)c(C2=C(OC)CC(C(O)C3CCOCC3)C2=O)n1. The molecule has 168 valence electrons. The summed E-state index contributed by atoms with van der Waals surface area (Å²) < 4.78 is 11.0. The van der Waals surface area contributed by atoms with Crippen LogP contribution in [0.1, 0.15) is 56.6 Å². The summed E-state index contributed by atoms with van der Waals surface area (Å²) >= 11 is 5.97. The second-order valence-electron chi connectivity index (χ2n) is 8.14. The topological polar surface area (TPSA) is 81.5 Å². The van der Waals surface area contributed by atoms with Crippen molar-refractivity contribution in [2.45, 2.75) is 52.6 Å². The van der Waals surface area contributed by atoms with E-state index >= 15 is 0 Å². The summed E-state index contributed by atoms with van der Waals surface area (Å²) in [5.74, 6) is 0.562. The van der Waals surface area contributed by atoms with Crippen LogP contribution in [-0.2, 0) is 14.3 Å². The summed E-state index contributed by atoms with van der Waals surface area (Å²) in [6.07, 6.45) is 7.35. The standard InChI is InChI=1S/C24H31ClN2O4/c1-5-16(7-6-15(3)25)24-26-13-14(2)21(27-24)20-19(30-4)12-18(23(20)29)22(28)17-8-10-31-11-9-17/h6-7,13,17-18,22,28H,5,8-12H2,1-4H3. The van der Waals surface area contributed by atoms with Gasteiger partial charge < -0.3 is 14.6 Å². The van der Waals surface area contributed by atoms with Crippen molar-refractivity contribution in [3.8, 4) is 0 Å². The molecule has 0 radical (unpaired) electrons. The number of halogens is 1. The fourth-order valence-electron chi connectivity index (χ4n) is 4.23. The Kier molecular flexibility index (Phi) is 8.03. The van der Waals surface area contributed by atoms with Crippen molar-refractivity contribution in [1.82, 2.24) is 9.97 Å². The van der Waals surface area contributed by atoms with E-state index in [1.54, 1.807) is 13.3 Å². The molecule has 2 unspecified atom stereocenters. The highest BCUT2D eigenvalue weighted by atomic mass is 35.5. The average molecular weight is 447 g/mol. The molecule has 0 amide bonds. The van der Waals surface area contributed by atoms with Crippen molar-refractivity contribution >= 4 is 28.5 Å². The van der Waals surface area contributed by atoms with Crippen LogP contribution >= 0.6 is 11.6 Å². The first kappa shape index (κ1) is 23.6. The first-order chi connectivity index (χ1) is 14.9. The number of methoxy groups -OCH3 is 1. The number of ketones is 1. The summed E-state index contributed by atoms with van der Waals surface area (Å²) in [4.78, 5) is 22.7. The van der Waals surface area contributed by atoms with Crippen molar-refractivity contribution in [2.24, 2.45) is 11.8 Å². The molecule has 6 nitrogen and oxygen atoms in total. The second kappa shape index (κ2) is 10.5. The van der Waals surface area contributed by atoms with E-state index < -0.39 is 12.0 Å². The zero-order valence-corrected chi connectivity index (χ0v) is 19.4. The Morgan fingerprint density at radius 1 is 1.39 bits per heavy atom. The molecule has 1 aliphatic carbocycles. The largest absolute Gasteiger partial charge is 0.500 e. The quantitative estimate of drug-likeness (QED) is 0.623. The summed E-state index contributed by atoms with van der Waals surface area (Å²) in [6, 6.07) is 0. The lowest BCUT2D eigenvalue weighted by Gasteiger charge is -2.29. The maximum absolute atomic E-state index is 13.4. The maximum atomic E-state index is 13.4. The van der Waals surface area contributed by atoms with Crippen LogP contribution in [-0.4, -0.2) is 47.3 Å². The molecule has 2 aliphatic rings. The van der Waals surface area contributed by atoms with Gasteiger partial charge in [-0.05, 0) is 56.2 Å². The van der Waals surface area contributed by atoms with E-state index in [2.05, 4.69) is 4.98 Å². The Morgan fingerprint density at radius 2 is 2.10 bits per heavy atom. The predicted molar refractivity (Wildman–Crippen MR) is 121 cm³/mol. The molecule has 0 aromatic carbocycles. The highest BCUT2D eigenvalue weighted by Crippen LogP contribution is 2.40. The summed E-state index contributed by atoms with van der Waals surface area (Å²) in [5.41, 5.74) is 2.74. The van der Waals surface area contributed by atoms with Crippen molar-refractivity contribution in [1.29, 1.82) is 0 Å². The molecule has 1 aliphatic heterocycles. The van der Waals surface area contributed by atoms with E-state index in [4.69, 9.17) is 26.1 Å². The van der Waals surface area contributed by atoms with Gasteiger partial charge in [-0.1, -0.05) is 24.6 Å². The molecule has 1 N–H and O–H groups in total. The molecular formula is C24H31ClN2O4. The minimum Gasteiger partial charge on any atom is -0.500 e. The molecule has 1 fully saturated rings. The lowest BCUT2D eigenvalue weighted by Crippen LogP contribution is -2.36. The highest BCUT2D eigenvalue weighted by Gasteiger charge is 2.43. The van der Waals surface area contributed by atoms with E-state index in [1.165, 1.54) is 0 Å². The van der Waals surface area contributed by atoms with Crippen molar-refractivity contribution in [3.63, 3.8) is 0 Å². The number of carbonyl (C=O) groups is 1. The molecule has 0 spiro atoms. The third kappa shape index (κ3) is 5.25. The minimum absolute atomic E-state index is 0.0578. The molecular weight excluding hydrogens is 416 g/mol. The van der Waals surface area contributed by atoms with Crippen LogP contribution in [0.3, 0.4) is 0 Å². The number of aliphatic hydroxyl groups is 1. The first-order valence-electron chi connectivity index (χ1n) is 10.8. The Labute approximate surface area is 189 Å². The van der Waals surface area contributed by atoms with Gasteiger partial charge in [-0.15, -0.1) is 0 Å². The summed E-state index contributed by atoms with van der Waals surface area (Å²) in [7, 11) is 1.56. The summed E-state index contributed by atoms with van der Waals surface area (Å²) in [5, 5.41) is 11.6. The number of aryl methyl sites for hydroxylation is 1. The van der Waals surface area contributed by atoms with Crippen LogP contribution in [0.15, 0.2) is 29.1 Å².